The monoisotopic (exact) mass is 448 g/mol. The van der Waals surface area contributed by atoms with Gasteiger partial charge in [0.15, 0.2) is 5.75 Å². The summed E-state index contributed by atoms with van der Waals surface area (Å²) in [6.07, 6.45) is 2.44. The van der Waals surface area contributed by atoms with Crippen LogP contribution in [0.1, 0.15) is 0 Å². The van der Waals surface area contributed by atoms with Gasteiger partial charge in [0.2, 0.25) is 21.9 Å². The Morgan fingerprint density at radius 3 is 2.39 bits per heavy atom. The van der Waals surface area contributed by atoms with E-state index in [-0.39, 0.29) is 91.9 Å². The van der Waals surface area contributed by atoms with Crippen LogP contribution >= 0.6 is 0 Å². The van der Waals surface area contributed by atoms with Gasteiger partial charge in [0.05, 0.1) is 17.3 Å². The average molecular weight is 449 g/mol. The minimum absolute atomic E-state index is 0. The zero-order valence-electron chi connectivity index (χ0n) is 14.9. The fourth-order valence-corrected chi connectivity index (χ4v) is 2.86. The van der Waals surface area contributed by atoms with E-state index in [4.69, 9.17) is 9.15 Å². The first kappa shape index (κ1) is 24.6. The van der Waals surface area contributed by atoms with Crippen LogP contribution in [0.2, 0.25) is 0 Å². The summed E-state index contributed by atoms with van der Waals surface area (Å²) >= 11 is 0. The summed E-state index contributed by atoms with van der Waals surface area (Å²) in [4.78, 5) is 23.0. The molecule has 0 spiro atoms. The molecule has 0 atom stereocenters. The first-order valence-corrected chi connectivity index (χ1v) is 9.27. The Morgan fingerprint density at radius 2 is 1.79 bits per heavy atom. The molecule has 0 aliphatic carbocycles. The number of amides is 1. The molecule has 1 amide bonds. The van der Waals surface area contributed by atoms with Gasteiger partial charge in [-0.05, 0) is 18.2 Å². The molecule has 2 N–H and O–H groups in total. The number of fused-ring (bicyclic) bond motifs is 1. The number of rotatable bonds is 6. The molecule has 11 heteroatoms. The molecule has 3 aromatic rings. The Morgan fingerprint density at radius 1 is 1.11 bits per heavy atom. The van der Waals surface area contributed by atoms with Crippen LogP contribution in [0, 0.1) is 0 Å². The predicted molar refractivity (Wildman–Crippen MR) is 97.2 cm³/mol. The van der Waals surface area contributed by atoms with Crippen LogP contribution in [-0.2, 0) is 14.8 Å². The van der Waals surface area contributed by atoms with Gasteiger partial charge >= 0.3 is 51.4 Å². The van der Waals surface area contributed by atoms with Crippen molar-refractivity contribution in [2.24, 2.45) is 0 Å². The van der Waals surface area contributed by atoms with E-state index in [1.807, 2.05) is 0 Å². The summed E-state index contributed by atoms with van der Waals surface area (Å²) in [6, 6.07) is 11.4. The van der Waals surface area contributed by atoms with E-state index >= 15 is 0 Å². The fourth-order valence-electron chi connectivity index (χ4n) is 2.30. The van der Waals surface area contributed by atoms with Crippen LogP contribution in [0.5, 0.6) is 11.5 Å². The largest absolute Gasteiger partial charge is 1.00 e. The van der Waals surface area contributed by atoms with Crippen molar-refractivity contribution in [3.8, 4) is 11.5 Å². The number of sulfonamides is 1. The molecule has 1 heterocycles. The third-order valence-electron chi connectivity index (χ3n) is 3.36. The zero-order chi connectivity index (χ0) is 18.7. The number of carbonyl (C=O) groups excluding carboxylic acids is 1. The molecular weight excluding hydrogens is 435 g/mol. The summed E-state index contributed by atoms with van der Waals surface area (Å²) in [6.45, 7) is 0. The quantitative estimate of drug-likeness (QED) is 0.299. The van der Waals surface area contributed by atoms with Crippen molar-refractivity contribution in [3.05, 3.63) is 59.0 Å². The van der Waals surface area contributed by atoms with Gasteiger partial charge in [0.1, 0.15) is 23.3 Å². The van der Waals surface area contributed by atoms with E-state index in [1.165, 1.54) is 12.1 Å². The molecule has 0 unspecified atom stereocenters. The Labute approximate surface area is 209 Å². The van der Waals surface area contributed by atoms with Crippen molar-refractivity contribution >= 4 is 38.8 Å². The third kappa shape index (κ3) is 6.05. The average Bonchev–Trinajstić information content (AvgIpc) is 2.58. The second-order valence-electron chi connectivity index (χ2n) is 5.37. The normalized spacial score (nSPS) is 10.3. The van der Waals surface area contributed by atoms with Gasteiger partial charge in [-0.1, -0.05) is 18.2 Å². The van der Waals surface area contributed by atoms with Gasteiger partial charge in [-0.3, -0.25) is 14.3 Å². The van der Waals surface area contributed by atoms with Crippen molar-refractivity contribution < 1.29 is 86.2 Å². The van der Waals surface area contributed by atoms with E-state index in [2.05, 4.69) is 10.0 Å². The molecule has 28 heavy (non-hydrogen) atoms. The molecule has 3 rings (SSSR count). The Hall–Kier alpha value is -1.40. The second-order valence-corrected chi connectivity index (χ2v) is 7.12. The number of halogens is 1. The molecule has 2 aromatic carbocycles. The van der Waals surface area contributed by atoms with E-state index in [0.717, 1.165) is 12.5 Å². The molecule has 0 radical (unpaired) electrons. The Balaban J connectivity index is 0.00000196. The number of nitrogens with one attached hydrogen (secondary N) is 2. The number of benzene rings is 2. The van der Waals surface area contributed by atoms with Gasteiger partial charge in [0, 0.05) is 6.07 Å². The van der Waals surface area contributed by atoms with E-state index in [0.29, 0.717) is 12.2 Å². The second kappa shape index (κ2) is 10.4. The number of carbonyl (C=O) groups is 1. The van der Waals surface area contributed by atoms with Crippen LogP contribution in [0.3, 0.4) is 0 Å². The first-order chi connectivity index (χ1) is 12.4. The maximum absolute atomic E-state index is 12.4. The molecular formula is C17H14ClKN2O6S. The summed E-state index contributed by atoms with van der Waals surface area (Å²) in [5, 5.41) is 2.38. The first-order valence-electron chi connectivity index (χ1n) is 7.38. The van der Waals surface area contributed by atoms with Crippen LogP contribution in [-0.4, -0.2) is 21.1 Å². The maximum atomic E-state index is 12.4. The minimum Gasteiger partial charge on any atom is -1.00 e. The molecule has 0 bridgehead atoms. The van der Waals surface area contributed by atoms with E-state index < -0.39 is 15.5 Å². The number of hydrogen-bond acceptors (Lipinski definition) is 6. The minimum atomic E-state index is -3.60. The SMILES string of the molecule is CS(=O)(=O)Nc1cc2occ(NC=O)c(=O)c2cc1Oc1ccccc1.[Cl-].[K+]. The van der Waals surface area contributed by atoms with Gasteiger partial charge in [-0.15, -0.1) is 0 Å². The summed E-state index contributed by atoms with van der Waals surface area (Å²) in [5.41, 5.74) is -0.273. The molecule has 0 aliphatic heterocycles. The van der Waals surface area contributed by atoms with Crippen LogP contribution < -0.4 is 84.0 Å². The number of hydrogen-bond donors (Lipinski definition) is 2. The van der Waals surface area contributed by atoms with Crippen LogP contribution in [0.25, 0.3) is 11.0 Å². The molecule has 0 saturated carbocycles. The van der Waals surface area contributed by atoms with Crippen LogP contribution in [0.15, 0.2) is 57.9 Å². The molecule has 0 fully saturated rings. The molecule has 8 nitrogen and oxygen atoms in total. The Kier molecular flexibility index (Phi) is 9.15. The predicted octanol–water partition coefficient (Wildman–Crippen LogP) is -3.47. The van der Waals surface area contributed by atoms with E-state index in [9.17, 15) is 18.0 Å². The molecule has 1 aromatic heterocycles. The summed E-state index contributed by atoms with van der Waals surface area (Å²) in [7, 11) is -3.60. The van der Waals surface area contributed by atoms with Crippen molar-refractivity contribution in [2.75, 3.05) is 16.3 Å². The maximum Gasteiger partial charge on any atom is 1.00 e. The van der Waals surface area contributed by atoms with Gasteiger partial charge in [-0.2, -0.15) is 0 Å². The third-order valence-corrected chi connectivity index (χ3v) is 3.95. The standard InChI is InChI=1S/C17H14N2O6S.ClH.K/c1-26(22,23)19-13-8-15-12(17(21)14(9-24-15)18-10-20)7-16(13)25-11-5-3-2-4-6-11;;/h2-10,19H,1H3,(H,18,20);1H;/q;;+1/p-1. The van der Waals surface area contributed by atoms with Crippen LogP contribution in [0.4, 0.5) is 11.4 Å². The van der Waals surface area contributed by atoms with Crippen molar-refractivity contribution in [2.45, 2.75) is 0 Å². The Bertz CT molecular complexity index is 1140. The number of anilines is 2. The topological polar surface area (TPSA) is 115 Å². The van der Waals surface area contributed by atoms with Crippen molar-refractivity contribution in [1.29, 1.82) is 0 Å². The molecule has 0 saturated heterocycles. The van der Waals surface area contributed by atoms with Crippen molar-refractivity contribution in [1.82, 2.24) is 0 Å². The number of para-hydroxylation sites is 1. The molecule has 142 valence electrons. The van der Waals surface area contributed by atoms with Gasteiger partial charge in [0.25, 0.3) is 0 Å². The van der Waals surface area contributed by atoms with Gasteiger partial charge in [-0.25, -0.2) is 8.42 Å². The smallest absolute Gasteiger partial charge is 1.00 e. The number of ether oxygens (including phenoxy) is 1. The van der Waals surface area contributed by atoms with Gasteiger partial charge < -0.3 is 26.9 Å². The van der Waals surface area contributed by atoms with Crippen molar-refractivity contribution in [3.63, 3.8) is 0 Å². The zero-order valence-corrected chi connectivity index (χ0v) is 19.6. The fraction of sp³-hybridized carbons (Fsp3) is 0.0588. The molecule has 0 aliphatic rings. The summed E-state index contributed by atoms with van der Waals surface area (Å²) in [5.74, 6) is 0.569. The summed E-state index contributed by atoms with van der Waals surface area (Å²) < 4.78 is 36.7. The van der Waals surface area contributed by atoms with E-state index in [1.54, 1.807) is 30.3 Å².